The van der Waals surface area contributed by atoms with Crippen LogP contribution in [-0.2, 0) is 0 Å². The smallest absolute Gasteiger partial charge is 0.238 e. The minimum Gasteiger partial charge on any atom is -0.454 e. The fourth-order valence-corrected chi connectivity index (χ4v) is 9.30. The van der Waals surface area contributed by atoms with Crippen LogP contribution in [0.3, 0.4) is 0 Å². The van der Waals surface area contributed by atoms with E-state index < -0.39 is 0 Å². The van der Waals surface area contributed by atoms with Crippen molar-refractivity contribution in [2.75, 3.05) is 0 Å². The highest BCUT2D eigenvalue weighted by Gasteiger charge is 2.20. The molecule has 0 saturated carbocycles. The van der Waals surface area contributed by atoms with Gasteiger partial charge in [-0.2, -0.15) is 9.97 Å². The standard InChI is InChI=1S/C56H34N6O/c1-3-13-35(14-4-1)54-58-55(36-15-5-2-6-16-36)60-56(59-54)62-48-22-10-7-19-42(48)44-27-24-40(34-50(44)62)38-25-28-49-45(32-38)43-20-8-9-21-47(43)61(49)41-18-11-17-37(31-41)39-26-29-51-46(33-39)53-52(63-51)23-12-30-57-53/h1-34H. The Labute approximate surface area is 360 Å². The molecule has 0 fully saturated rings. The molecule has 5 aromatic heterocycles. The number of hydrogen-bond acceptors (Lipinski definition) is 5. The van der Waals surface area contributed by atoms with E-state index in [-0.39, 0.29) is 0 Å². The summed E-state index contributed by atoms with van der Waals surface area (Å²) in [4.78, 5) is 19.9. The Hall–Kier alpha value is -8.68. The van der Waals surface area contributed by atoms with Gasteiger partial charge in [-0.05, 0) is 89.0 Å². The Morgan fingerprint density at radius 2 is 0.905 bits per heavy atom. The summed E-state index contributed by atoms with van der Waals surface area (Å²) in [6, 6.07) is 70.0. The maximum atomic E-state index is 6.09. The summed E-state index contributed by atoms with van der Waals surface area (Å²) in [6.45, 7) is 0. The molecule has 0 N–H and O–H groups in total. The van der Waals surface area contributed by atoms with Gasteiger partial charge >= 0.3 is 0 Å². The van der Waals surface area contributed by atoms with Gasteiger partial charge in [-0.25, -0.2) is 4.98 Å². The zero-order valence-corrected chi connectivity index (χ0v) is 33.7. The monoisotopic (exact) mass is 806 g/mol. The molecule has 7 nitrogen and oxygen atoms in total. The van der Waals surface area contributed by atoms with Gasteiger partial charge in [0.15, 0.2) is 17.2 Å². The van der Waals surface area contributed by atoms with Crippen LogP contribution in [0.1, 0.15) is 0 Å². The molecular weight excluding hydrogens is 773 g/mol. The van der Waals surface area contributed by atoms with Crippen molar-refractivity contribution in [1.82, 2.24) is 29.1 Å². The zero-order chi connectivity index (χ0) is 41.4. The maximum Gasteiger partial charge on any atom is 0.238 e. The van der Waals surface area contributed by atoms with Crippen LogP contribution in [0.25, 0.3) is 122 Å². The number of rotatable bonds is 6. The van der Waals surface area contributed by atoms with E-state index in [0.29, 0.717) is 17.6 Å². The summed E-state index contributed by atoms with van der Waals surface area (Å²) in [5, 5.41) is 5.66. The molecule has 5 heterocycles. The van der Waals surface area contributed by atoms with Gasteiger partial charge in [-0.1, -0.05) is 133 Å². The van der Waals surface area contributed by atoms with Crippen LogP contribution < -0.4 is 0 Å². The largest absolute Gasteiger partial charge is 0.454 e. The first-order chi connectivity index (χ1) is 31.2. The minimum atomic E-state index is 0.571. The van der Waals surface area contributed by atoms with Crippen LogP contribution in [0.5, 0.6) is 0 Å². The number of para-hydroxylation sites is 2. The maximum absolute atomic E-state index is 6.09. The Balaban J connectivity index is 0.961. The number of fused-ring (bicyclic) bond motifs is 9. The van der Waals surface area contributed by atoms with Gasteiger partial charge in [-0.3, -0.25) is 9.55 Å². The van der Waals surface area contributed by atoms with Crippen LogP contribution in [-0.4, -0.2) is 29.1 Å². The fourth-order valence-electron chi connectivity index (χ4n) is 9.30. The van der Waals surface area contributed by atoms with Crippen molar-refractivity contribution in [3.05, 3.63) is 206 Å². The van der Waals surface area contributed by atoms with Crippen LogP contribution in [0.2, 0.25) is 0 Å². The van der Waals surface area contributed by atoms with Gasteiger partial charge < -0.3 is 8.98 Å². The SMILES string of the molecule is c1ccc(-c2nc(-c3ccccc3)nc(-n3c4ccccc4c4ccc(-c5ccc6c(c5)c5ccccc5n6-c5cccc(-c6ccc7oc8cccnc8c7c6)c5)cc43)n2)cc1. The molecule has 13 aromatic rings. The van der Waals surface area contributed by atoms with Crippen molar-refractivity contribution < 1.29 is 4.42 Å². The van der Waals surface area contributed by atoms with Gasteiger partial charge in [0.1, 0.15) is 11.1 Å². The Bertz CT molecular complexity index is 3860. The van der Waals surface area contributed by atoms with Crippen LogP contribution in [0.15, 0.2) is 211 Å². The lowest BCUT2D eigenvalue weighted by Crippen LogP contribution is -2.06. The van der Waals surface area contributed by atoms with E-state index in [9.17, 15) is 0 Å². The number of benzene rings is 8. The van der Waals surface area contributed by atoms with Crippen molar-refractivity contribution in [1.29, 1.82) is 0 Å². The first kappa shape index (κ1) is 35.1. The lowest BCUT2D eigenvalue weighted by molar-refractivity contribution is 0.668. The Kier molecular flexibility index (Phi) is 7.77. The second-order valence-electron chi connectivity index (χ2n) is 15.9. The fraction of sp³-hybridized carbons (Fsp3) is 0. The lowest BCUT2D eigenvalue weighted by atomic mass is 10.0. The van der Waals surface area contributed by atoms with Crippen molar-refractivity contribution in [3.8, 4) is 56.7 Å². The molecule has 13 rings (SSSR count). The molecule has 0 spiro atoms. The Morgan fingerprint density at radius 1 is 0.333 bits per heavy atom. The van der Waals surface area contributed by atoms with Crippen molar-refractivity contribution in [2.24, 2.45) is 0 Å². The highest BCUT2D eigenvalue weighted by molar-refractivity contribution is 6.12. The number of hydrogen-bond donors (Lipinski definition) is 0. The second-order valence-corrected chi connectivity index (χ2v) is 15.9. The van der Waals surface area contributed by atoms with E-state index in [0.717, 1.165) is 94.0 Å². The van der Waals surface area contributed by atoms with Gasteiger partial charge in [0.2, 0.25) is 5.95 Å². The lowest BCUT2D eigenvalue weighted by Gasteiger charge is -2.12. The summed E-state index contributed by atoms with van der Waals surface area (Å²) in [5.74, 6) is 1.82. The van der Waals surface area contributed by atoms with E-state index in [1.165, 1.54) is 10.8 Å². The highest BCUT2D eigenvalue weighted by atomic mass is 16.3. The molecule has 0 saturated heterocycles. The average Bonchev–Trinajstić information content (AvgIpc) is 4.01. The van der Waals surface area contributed by atoms with Gasteiger partial charge in [0.05, 0.1) is 22.1 Å². The first-order valence-corrected chi connectivity index (χ1v) is 21.0. The predicted molar refractivity (Wildman–Crippen MR) is 255 cm³/mol. The molecule has 0 unspecified atom stereocenters. The highest BCUT2D eigenvalue weighted by Crippen LogP contribution is 2.39. The Morgan fingerprint density at radius 3 is 1.67 bits per heavy atom. The summed E-state index contributed by atoms with van der Waals surface area (Å²) in [5.41, 5.74) is 14.3. The van der Waals surface area contributed by atoms with Crippen molar-refractivity contribution >= 4 is 65.7 Å². The van der Waals surface area contributed by atoms with Crippen LogP contribution in [0, 0.1) is 0 Å². The van der Waals surface area contributed by atoms with E-state index >= 15 is 0 Å². The topological polar surface area (TPSA) is 74.6 Å². The third kappa shape index (κ3) is 5.67. The number of aromatic nitrogens is 6. The molecule has 294 valence electrons. The molecule has 0 amide bonds. The minimum absolute atomic E-state index is 0.571. The van der Waals surface area contributed by atoms with Gasteiger partial charge in [-0.15, -0.1) is 0 Å². The number of furan rings is 1. The molecule has 8 aromatic carbocycles. The molecule has 0 atom stereocenters. The molecule has 0 aliphatic heterocycles. The van der Waals surface area contributed by atoms with E-state index in [1.807, 2.05) is 85.1 Å². The molecule has 0 bridgehead atoms. The zero-order valence-electron chi connectivity index (χ0n) is 33.7. The molecule has 7 heteroatoms. The summed E-state index contributed by atoms with van der Waals surface area (Å²) < 4.78 is 10.7. The van der Waals surface area contributed by atoms with Gasteiger partial charge in [0.25, 0.3) is 0 Å². The molecule has 0 aliphatic carbocycles. The third-order valence-electron chi connectivity index (χ3n) is 12.2. The van der Waals surface area contributed by atoms with Crippen LogP contribution in [0.4, 0.5) is 0 Å². The first-order valence-electron chi connectivity index (χ1n) is 21.0. The number of pyridine rings is 1. The normalized spacial score (nSPS) is 11.8. The summed E-state index contributed by atoms with van der Waals surface area (Å²) in [6.07, 6.45) is 1.82. The molecular formula is C56H34N6O. The quantitative estimate of drug-likeness (QED) is 0.167. The van der Waals surface area contributed by atoms with E-state index in [1.54, 1.807) is 0 Å². The van der Waals surface area contributed by atoms with Crippen LogP contribution >= 0.6 is 0 Å². The van der Waals surface area contributed by atoms with Crippen molar-refractivity contribution in [3.63, 3.8) is 0 Å². The molecule has 0 aliphatic rings. The van der Waals surface area contributed by atoms with Gasteiger partial charge in [0, 0.05) is 49.9 Å². The summed E-state index contributed by atoms with van der Waals surface area (Å²) in [7, 11) is 0. The van der Waals surface area contributed by atoms with Crippen molar-refractivity contribution in [2.45, 2.75) is 0 Å². The summed E-state index contributed by atoms with van der Waals surface area (Å²) >= 11 is 0. The average molecular weight is 807 g/mol. The number of nitrogens with zero attached hydrogens (tertiary/aromatic N) is 6. The predicted octanol–water partition coefficient (Wildman–Crippen LogP) is 14.0. The second kappa shape index (κ2) is 13.9. The third-order valence-corrected chi connectivity index (χ3v) is 12.2. The van der Waals surface area contributed by atoms with E-state index in [4.69, 9.17) is 19.4 Å². The molecule has 0 radical (unpaired) electrons. The molecule has 63 heavy (non-hydrogen) atoms. The van der Waals surface area contributed by atoms with E-state index in [2.05, 4.69) is 135 Å².